The van der Waals surface area contributed by atoms with E-state index in [2.05, 4.69) is 0 Å². The number of allylic oxidation sites excluding steroid dienone is 1. The normalized spacial score (nSPS) is 16.6. The summed E-state index contributed by atoms with van der Waals surface area (Å²) in [5.74, 6) is -9.57. The van der Waals surface area contributed by atoms with Crippen molar-refractivity contribution in [3.63, 3.8) is 0 Å². The molecule has 0 spiro atoms. The molecule has 0 bridgehead atoms. The average Bonchev–Trinajstić information content (AvgIpc) is 2.46. The van der Waals surface area contributed by atoms with Gasteiger partial charge < -0.3 is 0 Å². The second kappa shape index (κ2) is 3.48. The van der Waals surface area contributed by atoms with Crippen LogP contribution in [0.5, 0.6) is 0 Å². The Morgan fingerprint density at radius 3 is 1.94 bits per heavy atom. The van der Waals surface area contributed by atoms with Gasteiger partial charge in [-0.15, -0.1) is 0 Å². The van der Waals surface area contributed by atoms with E-state index < -0.39 is 46.5 Å². The van der Waals surface area contributed by atoms with Crippen LogP contribution in [0.25, 0.3) is 5.83 Å². The van der Waals surface area contributed by atoms with E-state index in [0.717, 1.165) is 0 Å². The first-order valence-electron chi connectivity index (χ1n) is 4.23. The van der Waals surface area contributed by atoms with Gasteiger partial charge in [-0.25, -0.2) is 17.6 Å². The number of alkyl halides is 3. The number of hydrogen-bond acceptors (Lipinski definition) is 0. The molecular formula is C10H2F7. The Labute approximate surface area is 90.4 Å². The minimum absolute atomic E-state index is 0.381. The molecule has 0 nitrogen and oxygen atoms in total. The Bertz CT molecular complexity index is 512. The van der Waals surface area contributed by atoms with E-state index in [4.69, 9.17) is 0 Å². The lowest BCUT2D eigenvalue weighted by Gasteiger charge is -2.14. The molecule has 0 saturated heterocycles. The Balaban J connectivity index is 2.72. The zero-order valence-electron chi connectivity index (χ0n) is 7.80. The lowest BCUT2D eigenvalue weighted by atomic mass is 9.99. The standard InChI is InChI=1S/C10H2F7/c11-4-2-1-3-5(7(4)12)8(13)9(14)6(3)10(15,16)17/h1-2H. The van der Waals surface area contributed by atoms with Crippen molar-refractivity contribution < 1.29 is 30.7 Å². The Hall–Kier alpha value is -1.53. The molecule has 0 saturated carbocycles. The first-order chi connectivity index (χ1) is 7.75. The highest BCUT2D eigenvalue weighted by Crippen LogP contribution is 2.51. The summed E-state index contributed by atoms with van der Waals surface area (Å²) in [7, 11) is 0. The summed E-state index contributed by atoms with van der Waals surface area (Å²) >= 11 is 0. The predicted molar refractivity (Wildman–Crippen MR) is 43.9 cm³/mol. The SMILES string of the molecule is FC1=C(F)c2c(ccc(F)c2F)[C]1C(F)(F)F. The fourth-order valence-electron chi connectivity index (χ4n) is 1.59. The van der Waals surface area contributed by atoms with Gasteiger partial charge in [-0.2, -0.15) is 13.2 Å². The fraction of sp³-hybridized carbons (Fsp3) is 0.100. The molecule has 0 fully saturated rings. The Morgan fingerprint density at radius 2 is 1.41 bits per heavy atom. The molecule has 1 radical (unpaired) electrons. The molecule has 2 rings (SSSR count). The van der Waals surface area contributed by atoms with Crippen molar-refractivity contribution in [2.45, 2.75) is 6.18 Å². The fourth-order valence-corrected chi connectivity index (χ4v) is 1.59. The van der Waals surface area contributed by atoms with Crippen LogP contribution in [0.4, 0.5) is 30.7 Å². The highest BCUT2D eigenvalue weighted by molar-refractivity contribution is 5.78. The summed E-state index contributed by atoms with van der Waals surface area (Å²) in [6, 6.07) is 0.870. The molecule has 1 aromatic carbocycles. The smallest absolute Gasteiger partial charge is 0.207 e. The predicted octanol–water partition coefficient (Wildman–Crippen LogP) is 4.07. The molecule has 0 unspecified atom stereocenters. The van der Waals surface area contributed by atoms with Crippen molar-refractivity contribution in [1.82, 2.24) is 0 Å². The van der Waals surface area contributed by atoms with Crippen LogP contribution in [0.15, 0.2) is 18.0 Å². The maximum atomic E-state index is 13.1. The van der Waals surface area contributed by atoms with Gasteiger partial charge in [0.2, 0.25) is 0 Å². The first kappa shape index (κ1) is 11.9. The van der Waals surface area contributed by atoms with E-state index >= 15 is 0 Å². The Kier molecular flexibility index (Phi) is 2.44. The maximum Gasteiger partial charge on any atom is 0.406 e. The molecule has 0 amide bonds. The van der Waals surface area contributed by atoms with Gasteiger partial charge in [-0.3, -0.25) is 0 Å². The minimum Gasteiger partial charge on any atom is -0.207 e. The number of hydrogen-bond donors (Lipinski definition) is 0. The molecule has 1 aliphatic rings. The third kappa shape index (κ3) is 1.60. The van der Waals surface area contributed by atoms with Crippen LogP contribution in [-0.2, 0) is 0 Å². The van der Waals surface area contributed by atoms with Crippen LogP contribution in [-0.4, -0.2) is 6.18 Å². The van der Waals surface area contributed by atoms with E-state index in [1.165, 1.54) is 0 Å². The zero-order chi connectivity index (χ0) is 13.0. The Morgan fingerprint density at radius 1 is 0.824 bits per heavy atom. The third-order valence-electron chi connectivity index (χ3n) is 2.28. The van der Waals surface area contributed by atoms with Crippen molar-refractivity contribution >= 4 is 5.83 Å². The molecule has 0 heterocycles. The van der Waals surface area contributed by atoms with E-state index in [0.29, 0.717) is 12.1 Å². The average molecular weight is 255 g/mol. The molecule has 0 aliphatic heterocycles. The molecular weight excluding hydrogens is 253 g/mol. The largest absolute Gasteiger partial charge is 0.406 e. The van der Waals surface area contributed by atoms with Crippen molar-refractivity contribution in [3.05, 3.63) is 46.6 Å². The summed E-state index contributed by atoms with van der Waals surface area (Å²) in [6.07, 6.45) is -5.18. The topological polar surface area (TPSA) is 0 Å². The van der Waals surface area contributed by atoms with Crippen molar-refractivity contribution in [1.29, 1.82) is 0 Å². The maximum absolute atomic E-state index is 13.1. The number of halogens is 7. The minimum atomic E-state index is -5.18. The quantitative estimate of drug-likeness (QED) is 0.613. The van der Waals surface area contributed by atoms with Crippen LogP contribution in [0.3, 0.4) is 0 Å². The van der Waals surface area contributed by atoms with Crippen molar-refractivity contribution in [3.8, 4) is 0 Å². The van der Waals surface area contributed by atoms with Gasteiger partial charge >= 0.3 is 6.18 Å². The second-order valence-corrected chi connectivity index (χ2v) is 3.28. The molecule has 7 heteroatoms. The van der Waals surface area contributed by atoms with E-state index in [1.54, 1.807) is 0 Å². The molecule has 1 aliphatic carbocycles. The van der Waals surface area contributed by atoms with Crippen LogP contribution < -0.4 is 0 Å². The van der Waals surface area contributed by atoms with Gasteiger partial charge in [0.05, 0.1) is 5.56 Å². The van der Waals surface area contributed by atoms with Crippen molar-refractivity contribution in [2.24, 2.45) is 0 Å². The van der Waals surface area contributed by atoms with Gasteiger partial charge in [0.1, 0.15) is 0 Å². The lowest BCUT2D eigenvalue weighted by molar-refractivity contribution is -0.107. The van der Waals surface area contributed by atoms with Gasteiger partial charge in [0, 0.05) is 0 Å². The highest BCUT2D eigenvalue weighted by Gasteiger charge is 2.52. The summed E-state index contributed by atoms with van der Waals surface area (Å²) in [5.41, 5.74) is -2.36. The van der Waals surface area contributed by atoms with Gasteiger partial charge in [-0.05, 0) is 11.6 Å². The molecule has 0 aromatic heterocycles. The lowest BCUT2D eigenvalue weighted by Crippen LogP contribution is -2.21. The van der Waals surface area contributed by atoms with Crippen LogP contribution in [0.2, 0.25) is 0 Å². The summed E-state index contributed by atoms with van der Waals surface area (Å²) in [4.78, 5) is 0. The summed E-state index contributed by atoms with van der Waals surface area (Å²) < 4.78 is 89.2. The van der Waals surface area contributed by atoms with E-state index in [-0.39, 0.29) is 0 Å². The molecule has 0 N–H and O–H groups in total. The van der Waals surface area contributed by atoms with E-state index in [9.17, 15) is 30.7 Å². The monoisotopic (exact) mass is 255 g/mol. The van der Waals surface area contributed by atoms with Gasteiger partial charge in [-0.1, -0.05) is 6.07 Å². The molecule has 17 heavy (non-hydrogen) atoms. The third-order valence-corrected chi connectivity index (χ3v) is 2.28. The molecule has 91 valence electrons. The van der Waals surface area contributed by atoms with E-state index in [1.807, 2.05) is 0 Å². The second-order valence-electron chi connectivity index (χ2n) is 3.28. The number of benzene rings is 1. The van der Waals surface area contributed by atoms with Crippen molar-refractivity contribution in [2.75, 3.05) is 0 Å². The molecule has 1 aromatic rings. The summed E-state index contributed by atoms with van der Waals surface area (Å²) in [5, 5.41) is 0. The zero-order valence-corrected chi connectivity index (χ0v) is 7.80. The number of fused-ring (bicyclic) bond motifs is 1. The van der Waals surface area contributed by atoms with Crippen LogP contribution >= 0.6 is 0 Å². The van der Waals surface area contributed by atoms with Gasteiger partial charge in [0.15, 0.2) is 29.2 Å². The van der Waals surface area contributed by atoms with Crippen LogP contribution in [0, 0.1) is 17.6 Å². The number of rotatable bonds is 0. The highest BCUT2D eigenvalue weighted by atomic mass is 19.4. The van der Waals surface area contributed by atoms with Crippen LogP contribution in [0.1, 0.15) is 11.1 Å². The summed E-state index contributed by atoms with van der Waals surface area (Å²) in [6.45, 7) is 0. The van der Waals surface area contributed by atoms with Gasteiger partial charge in [0.25, 0.3) is 0 Å². The first-order valence-corrected chi connectivity index (χ1v) is 4.23. The molecule has 0 atom stereocenters.